The van der Waals surface area contributed by atoms with E-state index in [1.54, 1.807) is 7.11 Å². The Kier molecular flexibility index (Phi) is 3.23. The fraction of sp³-hybridized carbons (Fsp3) is 1.00. The maximum absolute atomic E-state index is 5.86. The van der Waals surface area contributed by atoms with Gasteiger partial charge < -0.3 is 9.47 Å². The molecule has 0 heterocycles. The van der Waals surface area contributed by atoms with Crippen molar-refractivity contribution in [3.8, 4) is 0 Å². The Morgan fingerprint density at radius 2 is 2.08 bits per heavy atom. The van der Waals surface area contributed by atoms with Crippen molar-refractivity contribution in [2.45, 2.75) is 38.2 Å². The highest BCUT2D eigenvalue weighted by Crippen LogP contribution is 2.45. The highest BCUT2D eigenvalue weighted by molar-refractivity contribution is 4.90. The fourth-order valence-electron chi connectivity index (χ4n) is 2.83. The monoisotopic (exact) mass is 184 g/mol. The van der Waals surface area contributed by atoms with E-state index in [1.807, 2.05) is 0 Å². The zero-order chi connectivity index (χ0) is 9.10. The van der Waals surface area contributed by atoms with Gasteiger partial charge in [-0.05, 0) is 43.9 Å². The Morgan fingerprint density at radius 3 is 2.69 bits per heavy atom. The topological polar surface area (TPSA) is 18.5 Å². The van der Waals surface area contributed by atoms with Crippen molar-refractivity contribution in [2.75, 3.05) is 20.3 Å². The molecule has 3 atom stereocenters. The van der Waals surface area contributed by atoms with Crippen LogP contribution in [0.4, 0.5) is 0 Å². The van der Waals surface area contributed by atoms with Gasteiger partial charge in [-0.25, -0.2) is 0 Å². The van der Waals surface area contributed by atoms with Crippen LogP contribution in [-0.4, -0.2) is 26.4 Å². The molecule has 0 spiro atoms. The van der Waals surface area contributed by atoms with Crippen LogP contribution in [0.3, 0.4) is 0 Å². The molecule has 0 N–H and O–H groups in total. The Labute approximate surface area is 80.6 Å². The van der Waals surface area contributed by atoms with Gasteiger partial charge in [0, 0.05) is 20.3 Å². The maximum Gasteiger partial charge on any atom is 0.0606 e. The van der Waals surface area contributed by atoms with Crippen molar-refractivity contribution in [1.82, 2.24) is 0 Å². The summed E-state index contributed by atoms with van der Waals surface area (Å²) in [4.78, 5) is 0. The van der Waals surface area contributed by atoms with E-state index in [9.17, 15) is 0 Å². The van der Waals surface area contributed by atoms with Gasteiger partial charge in [0.25, 0.3) is 0 Å². The van der Waals surface area contributed by atoms with Crippen molar-refractivity contribution >= 4 is 0 Å². The predicted molar refractivity (Wildman–Crippen MR) is 51.7 cm³/mol. The molecule has 2 fully saturated rings. The highest BCUT2D eigenvalue weighted by atomic mass is 16.5. The zero-order valence-electron chi connectivity index (χ0n) is 8.50. The first-order valence-corrected chi connectivity index (χ1v) is 5.50. The summed E-state index contributed by atoms with van der Waals surface area (Å²) in [6, 6.07) is 0. The summed E-state index contributed by atoms with van der Waals surface area (Å²) in [6.07, 6.45) is 7.29. The molecule has 2 rings (SSSR count). The maximum atomic E-state index is 5.86. The predicted octanol–water partition coefficient (Wildman–Crippen LogP) is 2.23. The summed E-state index contributed by atoms with van der Waals surface area (Å²) in [5.41, 5.74) is 0. The van der Waals surface area contributed by atoms with Crippen LogP contribution in [0, 0.1) is 11.8 Å². The van der Waals surface area contributed by atoms with Crippen LogP contribution in [0.25, 0.3) is 0 Å². The van der Waals surface area contributed by atoms with E-state index in [4.69, 9.17) is 9.47 Å². The van der Waals surface area contributed by atoms with Gasteiger partial charge in [-0.3, -0.25) is 0 Å². The third kappa shape index (κ3) is 2.23. The van der Waals surface area contributed by atoms with Gasteiger partial charge in [0.2, 0.25) is 0 Å². The number of rotatable bonds is 5. The first kappa shape index (κ1) is 9.47. The molecular weight excluding hydrogens is 164 g/mol. The quantitative estimate of drug-likeness (QED) is 0.610. The van der Waals surface area contributed by atoms with E-state index in [0.29, 0.717) is 6.10 Å². The Balaban J connectivity index is 1.60. The van der Waals surface area contributed by atoms with Gasteiger partial charge in [0.1, 0.15) is 0 Å². The highest BCUT2D eigenvalue weighted by Gasteiger charge is 2.39. The van der Waals surface area contributed by atoms with Gasteiger partial charge in [-0.15, -0.1) is 0 Å². The standard InChI is InChI=1S/C11H20O2/c1-12-5-2-6-13-11-8-9-3-4-10(11)7-9/h9-11H,2-8H2,1H3. The minimum atomic E-state index is 0.593. The molecule has 0 aliphatic heterocycles. The summed E-state index contributed by atoms with van der Waals surface area (Å²) >= 11 is 0. The lowest BCUT2D eigenvalue weighted by Crippen LogP contribution is -2.21. The second-order valence-electron chi connectivity index (χ2n) is 4.43. The summed E-state index contributed by atoms with van der Waals surface area (Å²) < 4.78 is 10.8. The van der Waals surface area contributed by atoms with Crippen LogP contribution >= 0.6 is 0 Å². The first-order chi connectivity index (χ1) is 6.40. The van der Waals surface area contributed by atoms with E-state index >= 15 is 0 Å². The van der Waals surface area contributed by atoms with Crippen LogP contribution < -0.4 is 0 Å². The molecule has 2 aliphatic rings. The normalized spacial score (nSPS) is 37.2. The average molecular weight is 184 g/mol. The lowest BCUT2D eigenvalue weighted by molar-refractivity contribution is 0.00748. The smallest absolute Gasteiger partial charge is 0.0606 e. The summed E-state index contributed by atoms with van der Waals surface area (Å²) in [5, 5.41) is 0. The van der Waals surface area contributed by atoms with Crippen molar-refractivity contribution in [2.24, 2.45) is 11.8 Å². The van der Waals surface area contributed by atoms with Crippen LogP contribution in [0.15, 0.2) is 0 Å². The Hall–Kier alpha value is -0.0800. The molecule has 0 aromatic rings. The molecule has 0 saturated heterocycles. The Bertz CT molecular complexity index is 158. The fourth-order valence-corrected chi connectivity index (χ4v) is 2.83. The van der Waals surface area contributed by atoms with E-state index in [1.165, 1.54) is 25.7 Å². The van der Waals surface area contributed by atoms with Crippen molar-refractivity contribution in [3.05, 3.63) is 0 Å². The molecule has 0 aromatic carbocycles. The van der Waals surface area contributed by atoms with Crippen molar-refractivity contribution < 1.29 is 9.47 Å². The molecule has 0 amide bonds. The molecule has 13 heavy (non-hydrogen) atoms. The molecule has 2 bridgehead atoms. The van der Waals surface area contributed by atoms with Gasteiger partial charge in [0.15, 0.2) is 0 Å². The number of fused-ring (bicyclic) bond motifs is 2. The third-order valence-corrected chi connectivity index (χ3v) is 3.50. The minimum Gasteiger partial charge on any atom is -0.385 e. The van der Waals surface area contributed by atoms with E-state index in [-0.39, 0.29) is 0 Å². The number of ether oxygens (including phenoxy) is 2. The van der Waals surface area contributed by atoms with Crippen molar-refractivity contribution in [1.29, 1.82) is 0 Å². The van der Waals surface area contributed by atoms with E-state index < -0.39 is 0 Å². The van der Waals surface area contributed by atoms with Gasteiger partial charge in [-0.1, -0.05) is 0 Å². The van der Waals surface area contributed by atoms with E-state index in [0.717, 1.165) is 31.5 Å². The van der Waals surface area contributed by atoms with Crippen LogP contribution in [0.2, 0.25) is 0 Å². The summed E-state index contributed by atoms with van der Waals surface area (Å²) in [7, 11) is 1.75. The van der Waals surface area contributed by atoms with Gasteiger partial charge in [0.05, 0.1) is 6.10 Å². The van der Waals surface area contributed by atoms with Crippen LogP contribution in [-0.2, 0) is 9.47 Å². The van der Waals surface area contributed by atoms with Crippen molar-refractivity contribution in [3.63, 3.8) is 0 Å². The molecule has 76 valence electrons. The minimum absolute atomic E-state index is 0.593. The second-order valence-corrected chi connectivity index (χ2v) is 4.43. The number of methoxy groups -OCH3 is 1. The summed E-state index contributed by atoms with van der Waals surface area (Å²) in [5.74, 6) is 1.89. The third-order valence-electron chi connectivity index (χ3n) is 3.50. The molecule has 2 heteroatoms. The SMILES string of the molecule is COCCCOC1CC2CCC1C2. The lowest BCUT2D eigenvalue weighted by Gasteiger charge is -2.21. The molecule has 0 radical (unpaired) electrons. The first-order valence-electron chi connectivity index (χ1n) is 5.50. The van der Waals surface area contributed by atoms with Crippen LogP contribution in [0.5, 0.6) is 0 Å². The molecule has 0 aromatic heterocycles. The molecule has 2 aliphatic carbocycles. The largest absolute Gasteiger partial charge is 0.385 e. The van der Waals surface area contributed by atoms with E-state index in [2.05, 4.69) is 0 Å². The summed E-state index contributed by atoms with van der Waals surface area (Å²) in [6.45, 7) is 1.72. The molecule has 2 saturated carbocycles. The second kappa shape index (κ2) is 4.43. The molecule has 2 nitrogen and oxygen atoms in total. The Morgan fingerprint density at radius 1 is 1.15 bits per heavy atom. The number of hydrogen-bond acceptors (Lipinski definition) is 2. The molecular formula is C11H20O2. The van der Waals surface area contributed by atoms with Gasteiger partial charge in [-0.2, -0.15) is 0 Å². The molecule has 3 unspecified atom stereocenters. The van der Waals surface area contributed by atoms with Gasteiger partial charge >= 0.3 is 0 Å². The van der Waals surface area contributed by atoms with Crippen LogP contribution in [0.1, 0.15) is 32.1 Å². The number of hydrogen-bond donors (Lipinski definition) is 0. The average Bonchev–Trinajstić information content (AvgIpc) is 2.73. The zero-order valence-corrected chi connectivity index (χ0v) is 8.50. The lowest BCUT2D eigenvalue weighted by atomic mass is 9.98.